The van der Waals surface area contributed by atoms with Gasteiger partial charge in [-0.2, -0.15) is 15.0 Å². The van der Waals surface area contributed by atoms with Gasteiger partial charge in [0.15, 0.2) is 0 Å². The number of imidazole rings is 1. The smallest absolute Gasteiger partial charge is 0.322 e. The summed E-state index contributed by atoms with van der Waals surface area (Å²) in [7, 11) is 0. The molecule has 2 rings (SSSR count). The second kappa shape index (κ2) is 5.55. The zero-order chi connectivity index (χ0) is 12.1. The van der Waals surface area contributed by atoms with Crippen LogP contribution in [0.2, 0.25) is 5.28 Å². The molecule has 0 amide bonds. The summed E-state index contributed by atoms with van der Waals surface area (Å²) in [6.45, 7) is 0.368. The largest absolute Gasteiger partial charge is 0.463 e. The second-order valence-corrected chi connectivity index (χ2v) is 3.42. The second-order valence-electron chi connectivity index (χ2n) is 3.08. The Bertz CT molecular complexity index is 476. The van der Waals surface area contributed by atoms with E-state index in [4.69, 9.17) is 21.4 Å². The Hall–Kier alpha value is -1.73. The van der Waals surface area contributed by atoms with Crippen molar-refractivity contribution in [1.82, 2.24) is 24.5 Å². The lowest BCUT2D eigenvalue weighted by Gasteiger charge is -2.05. The van der Waals surface area contributed by atoms with Crippen molar-refractivity contribution in [3.63, 3.8) is 0 Å². The average Bonchev–Trinajstić information content (AvgIpc) is 2.82. The lowest BCUT2D eigenvalue weighted by atomic mass is 10.5. The van der Waals surface area contributed by atoms with Gasteiger partial charge in [0.05, 0.1) is 6.61 Å². The van der Waals surface area contributed by atoms with Gasteiger partial charge in [0.1, 0.15) is 6.33 Å². The first-order valence-corrected chi connectivity index (χ1v) is 5.31. The van der Waals surface area contributed by atoms with E-state index in [1.807, 2.05) is 0 Å². The molecule has 1 N–H and O–H groups in total. The monoisotopic (exact) mass is 255 g/mol. The molecule has 0 aliphatic rings. The van der Waals surface area contributed by atoms with Crippen molar-refractivity contribution in [3.05, 3.63) is 24.0 Å². The van der Waals surface area contributed by atoms with Crippen molar-refractivity contribution in [1.29, 1.82) is 0 Å². The summed E-state index contributed by atoms with van der Waals surface area (Å²) in [6.07, 6.45) is 5.33. The van der Waals surface area contributed by atoms with Crippen LogP contribution in [0.3, 0.4) is 0 Å². The van der Waals surface area contributed by atoms with E-state index in [0.717, 1.165) is 0 Å². The molecule has 17 heavy (non-hydrogen) atoms. The van der Waals surface area contributed by atoms with E-state index in [2.05, 4.69) is 19.9 Å². The highest BCUT2D eigenvalue weighted by molar-refractivity contribution is 6.28. The van der Waals surface area contributed by atoms with Gasteiger partial charge in [0.25, 0.3) is 0 Å². The van der Waals surface area contributed by atoms with Crippen LogP contribution in [0.4, 0.5) is 0 Å². The predicted molar refractivity (Wildman–Crippen MR) is 59.2 cm³/mol. The minimum atomic E-state index is 0.0442. The summed E-state index contributed by atoms with van der Waals surface area (Å²) >= 11 is 5.75. The summed E-state index contributed by atoms with van der Waals surface area (Å²) in [5, 5.41) is 8.68. The Balaban J connectivity index is 2.18. The van der Waals surface area contributed by atoms with E-state index in [1.54, 1.807) is 23.3 Å². The van der Waals surface area contributed by atoms with Crippen LogP contribution in [0, 0.1) is 0 Å². The van der Waals surface area contributed by atoms with Crippen LogP contribution in [0.1, 0.15) is 6.42 Å². The first-order chi connectivity index (χ1) is 8.29. The number of hydrogen-bond donors (Lipinski definition) is 1. The number of aromatic nitrogens is 5. The maximum Gasteiger partial charge on any atom is 0.322 e. The fraction of sp³-hybridized carbons (Fsp3) is 0.333. The van der Waals surface area contributed by atoms with Gasteiger partial charge in [-0.05, 0) is 11.6 Å². The molecule has 0 aliphatic carbocycles. The van der Waals surface area contributed by atoms with Crippen molar-refractivity contribution in [2.45, 2.75) is 6.42 Å². The molecule has 0 bridgehead atoms. The van der Waals surface area contributed by atoms with E-state index in [1.165, 1.54) is 0 Å². The molecule has 0 spiro atoms. The lowest BCUT2D eigenvalue weighted by molar-refractivity contribution is 0.223. The summed E-state index contributed by atoms with van der Waals surface area (Å²) in [4.78, 5) is 15.7. The number of halogens is 1. The molecule has 2 heterocycles. The van der Waals surface area contributed by atoms with Gasteiger partial charge in [-0.1, -0.05) is 0 Å². The minimum Gasteiger partial charge on any atom is -0.463 e. The molecule has 0 atom stereocenters. The van der Waals surface area contributed by atoms with Crippen LogP contribution < -0.4 is 4.74 Å². The third kappa shape index (κ3) is 3.11. The molecule has 2 aromatic rings. The van der Waals surface area contributed by atoms with Crippen LogP contribution in [-0.2, 0) is 0 Å². The van der Waals surface area contributed by atoms with Gasteiger partial charge in [-0.3, -0.25) is 4.57 Å². The van der Waals surface area contributed by atoms with Crippen molar-refractivity contribution < 1.29 is 9.84 Å². The summed E-state index contributed by atoms with van der Waals surface area (Å²) in [5.74, 6) is 0.335. The Morgan fingerprint density at radius 1 is 1.35 bits per heavy atom. The fourth-order valence-electron chi connectivity index (χ4n) is 1.11. The molecule has 7 nitrogen and oxygen atoms in total. The number of nitrogens with zero attached hydrogens (tertiary/aromatic N) is 5. The van der Waals surface area contributed by atoms with Crippen molar-refractivity contribution in [2.75, 3.05) is 13.2 Å². The molecule has 0 fully saturated rings. The van der Waals surface area contributed by atoms with Crippen LogP contribution in [-0.4, -0.2) is 42.8 Å². The zero-order valence-corrected chi connectivity index (χ0v) is 9.58. The zero-order valence-electron chi connectivity index (χ0n) is 8.82. The van der Waals surface area contributed by atoms with Crippen molar-refractivity contribution in [3.8, 4) is 12.0 Å². The van der Waals surface area contributed by atoms with Crippen LogP contribution >= 0.6 is 11.6 Å². The van der Waals surface area contributed by atoms with E-state index in [9.17, 15) is 0 Å². The van der Waals surface area contributed by atoms with Gasteiger partial charge >= 0.3 is 6.01 Å². The van der Waals surface area contributed by atoms with E-state index >= 15 is 0 Å². The number of rotatable bonds is 5. The number of aliphatic hydroxyl groups excluding tert-OH is 1. The minimum absolute atomic E-state index is 0.0442. The summed E-state index contributed by atoms with van der Waals surface area (Å²) in [6, 6.07) is 0.127. The molecule has 90 valence electrons. The number of hydrogen-bond acceptors (Lipinski definition) is 6. The maximum atomic E-state index is 8.63. The van der Waals surface area contributed by atoms with E-state index in [0.29, 0.717) is 19.0 Å². The topological polar surface area (TPSA) is 86.0 Å². The molecule has 0 aliphatic heterocycles. The van der Waals surface area contributed by atoms with E-state index < -0.39 is 0 Å². The van der Waals surface area contributed by atoms with Gasteiger partial charge in [-0.15, -0.1) is 0 Å². The van der Waals surface area contributed by atoms with Crippen molar-refractivity contribution >= 4 is 11.6 Å². The highest BCUT2D eigenvalue weighted by Gasteiger charge is 2.07. The third-order valence-corrected chi connectivity index (χ3v) is 2.01. The van der Waals surface area contributed by atoms with Gasteiger partial charge < -0.3 is 9.84 Å². The number of aliphatic hydroxyl groups is 1. The first-order valence-electron chi connectivity index (χ1n) is 4.93. The Morgan fingerprint density at radius 2 is 2.24 bits per heavy atom. The predicted octanol–water partition coefficient (Wildman–Crippen LogP) is 0.472. The molecular weight excluding hydrogens is 246 g/mol. The average molecular weight is 256 g/mol. The summed E-state index contributed by atoms with van der Waals surface area (Å²) < 4.78 is 6.82. The molecule has 0 radical (unpaired) electrons. The highest BCUT2D eigenvalue weighted by atomic mass is 35.5. The van der Waals surface area contributed by atoms with Crippen LogP contribution in [0.15, 0.2) is 18.7 Å². The Morgan fingerprint density at radius 3 is 2.94 bits per heavy atom. The Labute approximate surface area is 102 Å². The standard InChI is InChI=1S/C9H10ClN5O2/c10-7-12-8(15-3-2-11-6-15)14-9(13-7)17-5-1-4-16/h2-3,6,16H,1,4-5H2. The summed E-state index contributed by atoms with van der Waals surface area (Å²) in [5.41, 5.74) is 0. The van der Waals surface area contributed by atoms with Gasteiger partial charge in [0.2, 0.25) is 11.2 Å². The maximum absolute atomic E-state index is 8.63. The SMILES string of the molecule is OCCCOc1nc(Cl)nc(-n2ccnc2)n1. The molecule has 0 unspecified atom stereocenters. The molecule has 0 aromatic carbocycles. The van der Waals surface area contributed by atoms with Crippen LogP contribution in [0.25, 0.3) is 5.95 Å². The van der Waals surface area contributed by atoms with Gasteiger partial charge in [-0.25, -0.2) is 4.98 Å². The molecular formula is C9H10ClN5O2. The molecule has 0 saturated heterocycles. The quantitative estimate of drug-likeness (QED) is 0.782. The van der Waals surface area contributed by atoms with Crippen LogP contribution in [0.5, 0.6) is 6.01 Å². The highest BCUT2D eigenvalue weighted by Crippen LogP contribution is 2.11. The van der Waals surface area contributed by atoms with E-state index in [-0.39, 0.29) is 17.9 Å². The van der Waals surface area contributed by atoms with Gasteiger partial charge in [0, 0.05) is 25.4 Å². The third-order valence-electron chi connectivity index (χ3n) is 1.84. The molecule has 2 aromatic heterocycles. The van der Waals surface area contributed by atoms with Crippen molar-refractivity contribution in [2.24, 2.45) is 0 Å². The number of ether oxygens (including phenoxy) is 1. The molecule has 0 saturated carbocycles. The normalized spacial score (nSPS) is 10.5. The molecule has 8 heteroatoms. The fourth-order valence-corrected chi connectivity index (χ4v) is 1.26. The Kier molecular flexibility index (Phi) is 3.84. The first kappa shape index (κ1) is 11.7. The lowest BCUT2D eigenvalue weighted by Crippen LogP contribution is -2.07.